The fourth-order valence-corrected chi connectivity index (χ4v) is 8.06. The number of para-hydroxylation sites is 1. The summed E-state index contributed by atoms with van der Waals surface area (Å²) in [6.07, 6.45) is 6.77. The predicted molar refractivity (Wildman–Crippen MR) is 158 cm³/mol. The van der Waals surface area contributed by atoms with Crippen LogP contribution in [0.5, 0.6) is 0 Å². The fraction of sp³-hybridized carbons (Fsp3) is 0.344. The molecule has 0 N–H and O–H groups in total. The monoisotopic (exact) mass is 607 g/mol. The Morgan fingerprint density at radius 2 is 1.46 bits per heavy atom. The number of imidazole rings is 1. The summed E-state index contributed by atoms with van der Waals surface area (Å²) in [4.78, 5) is 3.27. The topological polar surface area (TPSA) is 12.6 Å². The van der Waals surface area contributed by atoms with E-state index in [-0.39, 0.29) is 0 Å². The van der Waals surface area contributed by atoms with Gasteiger partial charge in [-0.1, -0.05) is 0 Å². The van der Waals surface area contributed by atoms with Crippen LogP contribution in [0.1, 0.15) is 70.1 Å². The van der Waals surface area contributed by atoms with Crippen LogP contribution in [0.15, 0.2) is 79.0 Å². The molecule has 0 atom stereocenters. The number of anilines is 1. The Kier molecular flexibility index (Phi) is 9.30. The molecule has 0 fully saturated rings. The van der Waals surface area contributed by atoms with Crippen molar-refractivity contribution in [3.63, 3.8) is 0 Å². The predicted octanol–water partition coefficient (Wildman–Crippen LogP) is 9.26. The molecule has 4 aromatic rings. The Labute approximate surface area is 231 Å². The second kappa shape index (κ2) is 12.4. The van der Waals surface area contributed by atoms with Crippen LogP contribution in [0.3, 0.4) is 0 Å². The molecule has 0 unspecified atom stereocenters. The molecule has 3 nitrogen and oxygen atoms in total. The fourth-order valence-electron chi connectivity index (χ4n) is 4.84. The third-order valence-corrected chi connectivity index (χ3v) is 10.3. The van der Waals surface area contributed by atoms with Crippen LogP contribution in [-0.2, 0) is 15.3 Å². The summed E-state index contributed by atoms with van der Waals surface area (Å²) in [5, 5.41) is 0. The number of hydrogen-bond acceptors (Lipinski definition) is 1. The van der Waals surface area contributed by atoms with Crippen molar-refractivity contribution in [3.05, 3.63) is 99.6 Å². The van der Waals surface area contributed by atoms with Gasteiger partial charge in [0.15, 0.2) is 0 Å². The van der Waals surface area contributed by atoms with Gasteiger partial charge in [0, 0.05) is 0 Å². The summed E-state index contributed by atoms with van der Waals surface area (Å²) >= 11 is -1.65. The average Bonchev–Trinajstić information content (AvgIpc) is 3.29. The molecule has 0 radical (unpaired) electrons. The molecule has 37 heavy (non-hydrogen) atoms. The van der Waals surface area contributed by atoms with Gasteiger partial charge in [0.25, 0.3) is 0 Å². The van der Waals surface area contributed by atoms with E-state index in [1.54, 1.807) is 0 Å². The third-order valence-electron chi connectivity index (χ3n) is 6.74. The van der Waals surface area contributed by atoms with Crippen molar-refractivity contribution < 1.29 is 15.3 Å². The molecule has 2 heterocycles. The van der Waals surface area contributed by atoms with Crippen molar-refractivity contribution in [3.8, 4) is 5.69 Å². The van der Waals surface area contributed by atoms with Crippen LogP contribution in [0.2, 0.25) is 4.89 Å². The first-order valence-corrected chi connectivity index (χ1v) is 17.1. The van der Waals surface area contributed by atoms with Crippen molar-refractivity contribution in [1.29, 1.82) is 0 Å². The van der Waals surface area contributed by atoms with Gasteiger partial charge < -0.3 is 0 Å². The summed E-state index contributed by atoms with van der Waals surface area (Å²) in [6.45, 7) is 15.5. The van der Waals surface area contributed by atoms with Crippen molar-refractivity contribution >= 4 is 26.9 Å². The van der Waals surface area contributed by atoms with E-state index < -0.39 is 15.3 Å². The average molecular weight is 609 g/mol. The van der Waals surface area contributed by atoms with E-state index >= 15 is 0 Å². The van der Waals surface area contributed by atoms with Gasteiger partial charge in [0.2, 0.25) is 0 Å². The number of benzene rings is 2. The molecule has 5 heteroatoms. The Hall–Kier alpha value is -2.38. The van der Waals surface area contributed by atoms with E-state index in [1.807, 2.05) is 0 Å². The number of nitrogens with zero attached hydrogens (tertiary/aromatic N) is 3. The van der Waals surface area contributed by atoms with E-state index in [0.717, 1.165) is 18.0 Å². The van der Waals surface area contributed by atoms with E-state index in [1.165, 1.54) is 37.6 Å². The Morgan fingerprint density at radius 3 is 2.05 bits per heavy atom. The van der Waals surface area contributed by atoms with Crippen LogP contribution >= 0.6 is 9.53 Å². The van der Waals surface area contributed by atoms with E-state index in [4.69, 9.17) is 9.53 Å². The maximum atomic E-state index is 7.48. The van der Waals surface area contributed by atoms with Gasteiger partial charge in [-0.2, -0.15) is 0 Å². The normalized spacial score (nSPS) is 13.8. The van der Waals surface area contributed by atoms with Gasteiger partial charge in [0.1, 0.15) is 0 Å². The number of allylic oxidation sites excluding steroid dienone is 1. The molecular formula is C32H40ClN3Pd-2. The minimum atomic E-state index is -1.65. The van der Waals surface area contributed by atoms with Crippen molar-refractivity contribution in [2.24, 2.45) is 0 Å². The van der Waals surface area contributed by atoms with Crippen molar-refractivity contribution in [2.75, 3.05) is 18.0 Å². The van der Waals surface area contributed by atoms with Gasteiger partial charge in [0.05, 0.1) is 0 Å². The molecule has 0 saturated carbocycles. The van der Waals surface area contributed by atoms with Crippen LogP contribution in [0.25, 0.3) is 17.3 Å². The van der Waals surface area contributed by atoms with Gasteiger partial charge >= 0.3 is 233 Å². The molecule has 0 amide bonds. The number of fused-ring (bicyclic) bond motifs is 1. The Balaban J connectivity index is 2.06. The SMILES string of the molecule is CCN(CC)c1cccc2cn(-c3c(C(C)C)cccc3C(C)C)[c](=[Pd-2]([Cl])[CH2]C=Cc3ccccc3)n12. The van der Waals surface area contributed by atoms with Gasteiger partial charge in [-0.15, -0.1) is 0 Å². The van der Waals surface area contributed by atoms with Crippen LogP contribution in [0.4, 0.5) is 5.82 Å². The number of pyridine rings is 1. The Morgan fingerprint density at radius 1 is 0.838 bits per heavy atom. The van der Waals surface area contributed by atoms with E-state index in [2.05, 4.69) is 140 Å². The summed E-state index contributed by atoms with van der Waals surface area (Å²) in [7, 11) is 7.48. The maximum absolute atomic E-state index is 7.48. The summed E-state index contributed by atoms with van der Waals surface area (Å²) in [5.74, 6) is 2.03. The molecule has 0 spiro atoms. The zero-order valence-corrected chi connectivity index (χ0v) is 25.2. The molecule has 2 aromatic carbocycles. The van der Waals surface area contributed by atoms with Crippen LogP contribution < -0.4 is 4.90 Å². The molecular weight excluding hydrogens is 568 g/mol. The molecule has 4 rings (SSSR count). The van der Waals surface area contributed by atoms with Crippen molar-refractivity contribution in [2.45, 2.75) is 58.3 Å². The third kappa shape index (κ3) is 5.88. The summed E-state index contributed by atoms with van der Waals surface area (Å²) in [6, 6.07) is 23.9. The minimum absolute atomic E-state index is 0.407. The molecule has 2 aromatic heterocycles. The summed E-state index contributed by atoms with van der Waals surface area (Å²) in [5.41, 5.74) is 6.43. The zero-order chi connectivity index (χ0) is 26.5. The quantitative estimate of drug-likeness (QED) is 0.173. The standard InChI is InChI=1S/C23H31N3.C9H9.ClH.Pd/c1-7-24(8-2)22-14-9-11-19-15-25(16-26(19)22)23-20(17(3)4)12-10-13-21(23)18(5)6;1-2-6-9-7-4-3-5-8-9;;/h9-15,17-18H,7-8H2,1-6H3;2-8H,1H2;1H;/q;;;-1/p-1. The van der Waals surface area contributed by atoms with Gasteiger partial charge in [-0.25, -0.2) is 0 Å². The zero-order valence-electron chi connectivity index (χ0n) is 22.9. The molecule has 0 aliphatic carbocycles. The van der Waals surface area contributed by atoms with Crippen LogP contribution in [0, 0.1) is 3.89 Å². The molecule has 0 saturated heterocycles. The number of halogens is 1. The van der Waals surface area contributed by atoms with Crippen molar-refractivity contribution in [1.82, 2.24) is 8.97 Å². The molecule has 0 aliphatic heterocycles. The number of rotatable bonds is 9. The summed E-state index contributed by atoms with van der Waals surface area (Å²) < 4.78 is 6.09. The molecule has 0 aliphatic rings. The number of hydrogen-bond donors (Lipinski definition) is 0. The molecule has 0 bridgehead atoms. The van der Waals surface area contributed by atoms with Gasteiger partial charge in [-0.3, -0.25) is 0 Å². The first kappa shape index (κ1) is 27.7. The first-order chi connectivity index (χ1) is 17.9. The Bertz CT molecular complexity index is 1410. The van der Waals surface area contributed by atoms with Gasteiger partial charge in [-0.05, 0) is 0 Å². The molecule has 202 valence electrons. The van der Waals surface area contributed by atoms with Crippen LogP contribution in [-0.4, -0.2) is 22.1 Å². The second-order valence-corrected chi connectivity index (χ2v) is 14.1. The number of aromatic nitrogens is 2. The first-order valence-electron chi connectivity index (χ1n) is 13.3. The van der Waals surface area contributed by atoms with E-state index in [9.17, 15) is 0 Å². The second-order valence-electron chi connectivity index (χ2n) is 9.85. The van der Waals surface area contributed by atoms with E-state index in [0.29, 0.717) is 11.8 Å².